The summed E-state index contributed by atoms with van der Waals surface area (Å²) in [7, 11) is 0. The second-order valence-corrected chi connectivity index (χ2v) is 4.94. The van der Waals surface area contributed by atoms with E-state index in [-0.39, 0.29) is 6.61 Å². The van der Waals surface area contributed by atoms with Gasteiger partial charge in [0.25, 0.3) is 0 Å². The van der Waals surface area contributed by atoms with Crippen molar-refractivity contribution in [1.82, 2.24) is 10.3 Å². The SMILES string of the molecule is OCc1ccc(CNCc2cccc3cc[nH]c23)cc1. The van der Waals surface area contributed by atoms with Gasteiger partial charge in [0.2, 0.25) is 0 Å². The number of hydrogen-bond donors (Lipinski definition) is 3. The first-order valence-corrected chi connectivity index (χ1v) is 6.81. The summed E-state index contributed by atoms with van der Waals surface area (Å²) in [4.78, 5) is 3.28. The highest BCUT2D eigenvalue weighted by molar-refractivity contribution is 5.82. The largest absolute Gasteiger partial charge is 0.392 e. The standard InChI is InChI=1S/C17H18N2O/c20-12-14-6-4-13(5-7-14)10-18-11-16-3-1-2-15-8-9-19-17(15)16/h1-9,18-20H,10-12H2. The molecule has 0 radical (unpaired) electrons. The molecule has 0 atom stereocenters. The number of aliphatic hydroxyl groups excluding tert-OH is 1. The third-order valence-electron chi connectivity index (χ3n) is 3.52. The van der Waals surface area contributed by atoms with Crippen molar-refractivity contribution >= 4 is 10.9 Å². The van der Waals surface area contributed by atoms with Gasteiger partial charge >= 0.3 is 0 Å². The molecule has 3 nitrogen and oxygen atoms in total. The minimum Gasteiger partial charge on any atom is -0.392 e. The lowest BCUT2D eigenvalue weighted by Gasteiger charge is -2.07. The molecule has 3 N–H and O–H groups in total. The van der Waals surface area contributed by atoms with E-state index in [2.05, 4.69) is 34.6 Å². The molecule has 102 valence electrons. The van der Waals surface area contributed by atoms with Crippen LogP contribution >= 0.6 is 0 Å². The van der Waals surface area contributed by atoms with E-state index in [4.69, 9.17) is 5.11 Å². The number of benzene rings is 2. The second kappa shape index (κ2) is 5.90. The molecule has 20 heavy (non-hydrogen) atoms. The average molecular weight is 266 g/mol. The molecule has 3 rings (SSSR count). The van der Waals surface area contributed by atoms with Crippen molar-refractivity contribution in [3.05, 3.63) is 71.4 Å². The molecule has 1 heterocycles. The Hall–Kier alpha value is -2.10. The highest BCUT2D eigenvalue weighted by Gasteiger charge is 2.01. The molecule has 3 aromatic rings. The summed E-state index contributed by atoms with van der Waals surface area (Å²) in [6.45, 7) is 1.75. The zero-order valence-electron chi connectivity index (χ0n) is 11.3. The Balaban J connectivity index is 1.63. The van der Waals surface area contributed by atoms with Crippen LogP contribution in [-0.2, 0) is 19.7 Å². The molecule has 0 aliphatic heterocycles. The summed E-state index contributed by atoms with van der Waals surface area (Å²) in [5, 5.41) is 13.7. The maximum absolute atomic E-state index is 9.01. The van der Waals surface area contributed by atoms with Gasteiger partial charge in [-0.05, 0) is 28.1 Å². The molecule has 0 aliphatic rings. The molecule has 3 heteroatoms. The number of aromatic nitrogens is 1. The van der Waals surface area contributed by atoms with Crippen LogP contribution in [0.15, 0.2) is 54.7 Å². The van der Waals surface area contributed by atoms with Gasteiger partial charge in [-0.15, -0.1) is 0 Å². The monoisotopic (exact) mass is 266 g/mol. The first-order chi connectivity index (χ1) is 9.86. The topological polar surface area (TPSA) is 48.0 Å². The van der Waals surface area contributed by atoms with Gasteiger partial charge in [0.05, 0.1) is 6.61 Å². The van der Waals surface area contributed by atoms with E-state index in [0.717, 1.165) is 18.7 Å². The number of rotatable bonds is 5. The van der Waals surface area contributed by atoms with Crippen LogP contribution in [0.4, 0.5) is 0 Å². The van der Waals surface area contributed by atoms with Gasteiger partial charge in [-0.3, -0.25) is 0 Å². The first-order valence-electron chi connectivity index (χ1n) is 6.81. The van der Waals surface area contributed by atoms with Crippen LogP contribution in [0.2, 0.25) is 0 Å². The van der Waals surface area contributed by atoms with Crippen molar-refractivity contribution < 1.29 is 5.11 Å². The van der Waals surface area contributed by atoms with Gasteiger partial charge in [-0.1, -0.05) is 42.5 Å². The van der Waals surface area contributed by atoms with E-state index >= 15 is 0 Å². The summed E-state index contributed by atoms with van der Waals surface area (Å²) in [5.74, 6) is 0. The van der Waals surface area contributed by atoms with Crippen molar-refractivity contribution in [1.29, 1.82) is 0 Å². The minimum absolute atomic E-state index is 0.0997. The lowest BCUT2D eigenvalue weighted by atomic mass is 10.1. The Morgan fingerprint density at radius 1 is 0.900 bits per heavy atom. The van der Waals surface area contributed by atoms with Crippen LogP contribution < -0.4 is 5.32 Å². The van der Waals surface area contributed by atoms with Gasteiger partial charge in [0.1, 0.15) is 0 Å². The van der Waals surface area contributed by atoms with Crippen LogP contribution in [0.5, 0.6) is 0 Å². The van der Waals surface area contributed by atoms with Gasteiger partial charge in [0, 0.05) is 24.8 Å². The Bertz CT molecular complexity index is 686. The average Bonchev–Trinajstić information content (AvgIpc) is 2.97. The molecule has 0 fully saturated rings. The van der Waals surface area contributed by atoms with Crippen LogP contribution in [0.1, 0.15) is 16.7 Å². The molecule has 0 spiro atoms. The molecule has 0 saturated carbocycles. The maximum atomic E-state index is 9.01. The number of H-pyrrole nitrogens is 1. The van der Waals surface area contributed by atoms with E-state index in [1.54, 1.807) is 0 Å². The molecular formula is C17H18N2O. The maximum Gasteiger partial charge on any atom is 0.0681 e. The fourth-order valence-electron chi connectivity index (χ4n) is 2.40. The van der Waals surface area contributed by atoms with Crippen molar-refractivity contribution in [2.75, 3.05) is 0 Å². The van der Waals surface area contributed by atoms with E-state index in [1.165, 1.54) is 22.0 Å². The number of para-hydroxylation sites is 1. The Kier molecular flexibility index (Phi) is 3.81. The molecule has 0 amide bonds. The van der Waals surface area contributed by atoms with Crippen LogP contribution in [0, 0.1) is 0 Å². The van der Waals surface area contributed by atoms with Gasteiger partial charge in [-0.2, -0.15) is 0 Å². The fraction of sp³-hybridized carbons (Fsp3) is 0.176. The smallest absolute Gasteiger partial charge is 0.0681 e. The lowest BCUT2D eigenvalue weighted by molar-refractivity contribution is 0.282. The highest BCUT2D eigenvalue weighted by Crippen LogP contribution is 2.16. The zero-order chi connectivity index (χ0) is 13.8. The molecule has 0 aliphatic carbocycles. The fourth-order valence-corrected chi connectivity index (χ4v) is 2.40. The Morgan fingerprint density at radius 3 is 2.50 bits per heavy atom. The van der Waals surface area contributed by atoms with Gasteiger partial charge < -0.3 is 15.4 Å². The molecule has 2 aromatic carbocycles. The Morgan fingerprint density at radius 2 is 1.70 bits per heavy atom. The number of nitrogens with one attached hydrogen (secondary N) is 2. The van der Waals surface area contributed by atoms with E-state index < -0.39 is 0 Å². The van der Waals surface area contributed by atoms with Crippen LogP contribution in [-0.4, -0.2) is 10.1 Å². The Labute approximate surface area is 118 Å². The quantitative estimate of drug-likeness (QED) is 0.665. The van der Waals surface area contributed by atoms with Crippen LogP contribution in [0.25, 0.3) is 10.9 Å². The van der Waals surface area contributed by atoms with Crippen LogP contribution in [0.3, 0.4) is 0 Å². The normalized spacial score (nSPS) is 11.1. The lowest BCUT2D eigenvalue weighted by Crippen LogP contribution is -2.12. The summed E-state index contributed by atoms with van der Waals surface area (Å²) >= 11 is 0. The van der Waals surface area contributed by atoms with E-state index in [0.29, 0.717) is 0 Å². The van der Waals surface area contributed by atoms with Crippen molar-refractivity contribution in [2.24, 2.45) is 0 Å². The first kappa shape index (κ1) is 12.9. The molecular weight excluding hydrogens is 248 g/mol. The molecule has 1 aromatic heterocycles. The predicted molar refractivity (Wildman–Crippen MR) is 81.2 cm³/mol. The number of fused-ring (bicyclic) bond motifs is 1. The predicted octanol–water partition coefficient (Wildman–Crippen LogP) is 2.95. The summed E-state index contributed by atoms with van der Waals surface area (Å²) in [6.07, 6.45) is 1.97. The minimum atomic E-state index is 0.0997. The molecule has 0 unspecified atom stereocenters. The van der Waals surface area contributed by atoms with E-state index in [9.17, 15) is 0 Å². The molecule has 0 bridgehead atoms. The summed E-state index contributed by atoms with van der Waals surface area (Å²) in [5.41, 5.74) is 4.65. The highest BCUT2D eigenvalue weighted by atomic mass is 16.3. The summed E-state index contributed by atoms with van der Waals surface area (Å²) in [6, 6.07) is 16.5. The van der Waals surface area contributed by atoms with Gasteiger partial charge in [0.15, 0.2) is 0 Å². The van der Waals surface area contributed by atoms with E-state index in [1.807, 2.05) is 30.5 Å². The van der Waals surface area contributed by atoms with Gasteiger partial charge in [-0.25, -0.2) is 0 Å². The summed E-state index contributed by atoms with van der Waals surface area (Å²) < 4.78 is 0. The van der Waals surface area contributed by atoms with Crippen molar-refractivity contribution in [3.63, 3.8) is 0 Å². The molecule has 0 saturated heterocycles. The second-order valence-electron chi connectivity index (χ2n) is 4.94. The third kappa shape index (κ3) is 2.74. The number of aromatic amines is 1. The third-order valence-corrected chi connectivity index (χ3v) is 3.52. The van der Waals surface area contributed by atoms with Crippen molar-refractivity contribution in [3.8, 4) is 0 Å². The van der Waals surface area contributed by atoms with Crippen molar-refractivity contribution in [2.45, 2.75) is 19.7 Å². The number of aliphatic hydroxyl groups is 1. The zero-order valence-corrected chi connectivity index (χ0v) is 11.3. The number of hydrogen-bond acceptors (Lipinski definition) is 2.